The van der Waals surface area contributed by atoms with E-state index < -0.39 is 5.97 Å². The summed E-state index contributed by atoms with van der Waals surface area (Å²) in [5, 5.41) is 0.456. The fraction of sp³-hybridized carbons (Fsp3) is 0.167. The van der Waals surface area contributed by atoms with Crippen LogP contribution in [0, 0.1) is 13.8 Å². The Morgan fingerprint density at radius 3 is 2.79 bits per heavy atom. The van der Waals surface area contributed by atoms with E-state index in [-0.39, 0.29) is 12.2 Å². The number of H-pyrrole nitrogens is 1. The highest BCUT2D eigenvalue weighted by Gasteiger charge is 2.19. The van der Waals surface area contributed by atoms with E-state index >= 15 is 0 Å². The van der Waals surface area contributed by atoms with Crippen LogP contribution in [0.1, 0.15) is 26.6 Å². The van der Waals surface area contributed by atoms with Crippen molar-refractivity contribution in [3.63, 3.8) is 0 Å². The number of thiophene rings is 1. The molecule has 6 heteroatoms. The molecule has 122 valence electrons. The van der Waals surface area contributed by atoms with Crippen molar-refractivity contribution in [2.24, 2.45) is 0 Å². The van der Waals surface area contributed by atoms with Crippen LogP contribution in [0.5, 0.6) is 0 Å². The first kappa shape index (κ1) is 16.1. The molecule has 2 aromatic heterocycles. The number of ether oxygens (including phenoxy) is 1. The van der Waals surface area contributed by atoms with E-state index in [0.717, 1.165) is 5.56 Å². The van der Waals surface area contributed by atoms with Crippen molar-refractivity contribution in [2.75, 3.05) is 6.61 Å². The molecule has 0 unspecified atom stereocenters. The second kappa shape index (κ2) is 6.80. The van der Waals surface area contributed by atoms with Crippen molar-refractivity contribution in [2.45, 2.75) is 13.8 Å². The molecule has 3 rings (SSSR count). The Balaban J connectivity index is 1.75. The monoisotopic (exact) mass is 340 g/mol. The SMILES string of the molecule is Cc1nc2sc(C(=O)OCC=Cc3ccccc3)c(C)c2c(=O)[nH]1. The first-order chi connectivity index (χ1) is 11.6. The number of fused-ring (bicyclic) bond motifs is 1. The number of nitrogens with zero attached hydrogens (tertiary/aromatic N) is 1. The quantitative estimate of drug-likeness (QED) is 0.738. The largest absolute Gasteiger partial charge is 0.457 e. The van der Waals surface area contributed by atoms with Crippen molar-refractivity contribution in [1.82, 2.24) is 9.97 Å². The lowest BCUT2D eigenvalue weighted by molar-refractivity contribution is 0.0555. The number of carbonyl (C=O) groups excluding carboxylic acids is 1. The van der Waals surface area contributed by atoms with Crippen molar-refractivity contribution in [3.05, 3.63) is 68.6 Å². The van der Waals surface area contributed by atoms with Gasteiger partial charge in [-0.1, -0.05) is 36.4 Å². The van der Waals surface area contributed by atoms with Crippen molar-refractivity contribution in [3.8, 4) is 0 Å². The van der Waals surface area contributed by atoms with Crippen LogP contribution in [0.3, 0.4) is 0 Å². The van der Waals surface area contributed by atoms with Gasteiger partial charge >= 0.3 is 5.97 Å². The molecule has 0 atom stereocenters. The Morgan fingerprint density at radius 2 is 2.04 bits per heavy atom. The Bertz CT molecular complexity index is 971. The van der Waals surface area contributed by atoms with Crippen molar-refractivity contribution < 1.29 is 9.53 Å². The molecule has 0 radical (unpaired) electrons. The molecule has 1 N–H and O–H groups in total. The topological polar surface area (TPSA) is 72.0 Å². The number of hydrogen-bond acceptors (Lipinski definition) is 5. The third-order valence-corrected chi connectivity index (χ3v) is 4.69. The molecular formula is C18H16N2O3S. The number of carbonyl (C=O) groups is 1. The Labute approximate surface area is 142 Å². The normalized spacial score (nSPS) is 11.2. The molecule has 0 saturated carbocycles. The van der Waals surface area contributed by atoms with Gasteiger partial charge in [0.05, 0.1) is 5.39 Å². The summed E-state index contributed by atoms with van der Waals surface area (Å²) in [6.45, 7) is 3.62. The summed E-state index contributed by atoms with van der Waals surface area (Å²) in [6.07, 6.45) is 3.67. The molecule has 24 heavy (non-hydrogen) atoms. The van der Waals surface area contributed by atoms with Gasteiger partial charge in [-0.3, -0.25) is 4.79 Å². The minimum Gasteiger partial charge on any atom is -0.457 e. The maximum Gasteiger partial charge on any atom is 0.348 e. The average molecular weight is 340 g/mol. The summed E-state index contributed by atoms with van der Waals surface area (Å²) >= 11 is 1.19. The van der Waals surface area contributed by atoms with Crippen LogP contribution in [0.2, 0.25) is 0 Å². The van der Waals surface area contributed by atoms with Crippen molar-refractivity contribution in [1.29, 1.82) is 0 Å². The first-order valence-corrected chi connectivity index (χ1v) is 8.26. The highest BCUT2D eigenvalue weighted by molar-refractivity contribution is 7.20. The number of nitrogens with one attached hydrogen (secondary N) is 1. The Hall–Kier alpha value is -2.73. The van der Waals surface area contributed by atoms with Gasteiger partial charge < -0.3 is 9.72 Å². The standard InChI is InChI=1S/C18H16N2O3S/c1-11-14-16(21)19-12(2)20-17(14)24-15(11)18(22)23-10-6-9-13-7-4-3-5-8-13/h3-9H,10H2,1-2H3,(H,19,20,21). The molecule has 0 fully saturated rings. The zero-order valence-electron chi connectivity index (χ0n) is 13.3. The van der Waals surface area contributed by atoms with E-state index in [1.807, 2.05) is 36.4 Å². The second-order valence-corrected chi connectivity index (χ2v) is 6.30. The lowest BCUT2D eigenvalue weighted by Gasteiger charge is -2.00. The number of esters is 1. The van der Waals surface area contributed by atoms with E-state index in [1.54, 1.807) is 19.9 Å². The highest BCUT2D eigenvalue weighted by atomic mass is 32.1. The summed E-state index contributed by atoms with van der Waals surface area (Å²) in [7, 11) is 0. The predicted octanol–water partition coefficient (Wildman–Crippen LogP) is 3.47. The minimum atomic E-state index is -0.440. The number of hydrogen-bond donors (Lipinski definition) is 1. The van der Waals surface area contributed by atoms with E-state index in [4.69, 9.17) is 4.74 Å². The van der Waals surface area contributed by atoms with Crippen LogP contribution in [0.4, 0.5) is 0 Å². The fourth-order valence-corrected chi connectivity index (χ4v) is 3.51. The molecule has 0 amide bonds. The molecule has 5 nitrogen and oxygen atoms in total. The lowest BCUT2D eigenvalue weighted by Crippen LogP contribution is -2.10. The molecule has 0 bridgehead atoms. The maximum atomic E-state index is 12.3. The minimum absolute atomic E-state index is 0.171. The van der Waals surface area contributed by atoms with Gasteiger partial charge in [0.2, 0.25) is 0 Å². The van der Waals surface area contributed by atoms with Gasteiger partial charge in [-0.05, 0) is 31.1 Å². The van der Waals surface area contributed by atoms with E-state index in [1.165, 1.54) is 11.3 Å². The number of aromatic nitrogens is 2. The molecule has 0 saturated heterocycles. The summed E-state index contributed by atoms with van der Waals surface area (Å²) in [5.41, 5.74) is 1.42. The van der Waals surface area contributed by atoms with Gasteiger partial charge in [-0.15, -0.1) is 11.3 Å². The lowest BCUT2D eigenvalue weighted by atomic mass is 10.2. The summed E-state index contributed by atoms with van der Waals surface area (Å²) < 4.78 is 5.27. The van der Waals surface area contributed by atoms with Crippen LogP contribution in [0.25, 0.3) is 16.3 Å². The van der Waals surface area contributed by atoms with E-state index in [2.05, 4.69) is 9.97 Å². The maximum absolute atomic E-state index is 12.3. The molecule has 0 aliphatic rings. The van der Waals surface area contributed by atoms with Crippen LogP contribution >= 0.6 is 11.3 Å². The van der Waals surface area contributed by atoms with Gasteiger partial charge in [0, 0.05) is 0 Å². The van der Waals surface area contributed by atoms with E-state index in [9.17, 15) is 9.59 Å². The van der Waals surface area contributed by atoms with E-state index in [0.29, 0.717) is 26.5 Å². The van der Waals surface area contributed by atoms with Crippen molar-refractivity contribution >= 4 is 33.6 Å². The third kappa shape index (κ3) is 3.28. The average Bonchev–Trinajstić information content (AvgIpc) is 2.89. The summed E-state index contributed by atoms with van der Waals surface area (Å²) in [4.78, 5) is 32.2. The zero-order chi connectivity index (χ0) is 17.1. The van der Waals surface area contributed by atoms with Gasteiger partial charge in [0.1, 0.15) is 22.1 Å². The van der Waals surface area contributed by atoms with Crippen LogP contribution in [-0.4, -0.2) is 22.5 Å². The first-order valence-electron chi connectivity index (χ1n) is 7.45. The molecule has 2 heterocycles. The highest BCUT2D eigenvalue weighted by Crippen LogP contribution is 2.27. The summed E-state index contributed by atoms with van der Waals surface area (Å²) in [5.74, 6) is 0.0877. The molecule has 0 aliphatic carbocycles. The van der Waals surface area contributed by atoms with Crippen LogP contribution in [0.15, 0.2) is 41.2 Å². The van der Waals surface area contributed by atoms with Gasteiger partial charge in [0.25, 0.3) is 5.56 Å². The Kier molecular flexibility index (Phi) is 4.57. The number of aromatic amines is 1. The zero-order valence-corrected chi connectivity index (χ0v) is 14.1. The predicted molar refractivity (Wildman–Crippen MR) is 95.5 cm³/mol. The molecule has 0 spiro atoms. The number of rotatable bonds is 4. The van der Waals surface area contributed by atoms with Gasteiger partial charge in [-0.25, -0.2) is 9.78 Å². The smallest absolute Gasteiger partial charge is 0.348 e. The van der Waals surface area contributed by atoms with Crippen LogP contribution in [-0.2, 0) is 4.74 Å². The Morgan fingerprint density at radius 1 is 1.29 bits per heavy atom. The fourth-order valence-electron chi connectivity index (χ4n) is 2.38. The number of benzene rings is 1. The molecule has 1 aromatic carbocycles. The third-order valence-electron chi connectivity index (χ3n) is 3.52. The van der Waals surface area contributed by atoms with Gasteiger partial charge in [0.15, 0.2) is 0 Å². The number of aryl methyl sites for hydroxylation is 2. The molecule has 0 aliphatic heterocycles. The van der Waals surface area contributed by atoms with Crippen LogP contribution < -0.4 is 5.56 Å². The molecular weight excluding hydrogens is 324 g/mol. The van der Waals surface area contributed by atoms with Gasteiger partial charge in [-0.2, -0.15) is 0 Å². The summed E-state index contributed by atoms with van der Waals surface area (Å²) in [6, 6.07) is 9.76. The molecule has 3 aromatic rings. The second-order valence-electron chi connectivity index (χ2n) is 5.30.